The van der Waals surface area contributed by atoms with Gasteiger partial charge < -0.3 is 10.2 Å². The van der Waals surface area contributed by atoms with Crippen molar-refractivity contribution in [2.24, 2.45) is 0 Å². The number of rotatable bonds is 6. The zero-order valence-electron chi connectivity index (χ0n) is 18.2. The third-order valence-corrected chi connectivity index (χ3v) is 7.83. The number of carbonyl (C=O) groups excluding carboxylic acids is 2. The normalized spacial score (nSPS) is 17.8. The Labute approximate surface area is 189 Å². The maximum Gasteiger partial charge on any atom is 0.245 e. The molecule has 1 aliphatic carbocycles. The molecule has 1 heterocycles. The molecule has 0 bridgehead atoms. The Hall–Kier alpha value is -2.71. The molecule has 0 saturated heterocycles. The molecule has 1 unspecified atom stereocenters. The molecule has 0 radical (unpaired) electrons. The summed E-state index contributed by atoms with van der Waals surface area (Å²) in [5.74, 6) is -0.330. The van der Waals surface area contributed by atoms with Crippen LogP contribution in [-0.2, 0) is 26.0 Å². The molecule has 1 aliphatic heterocycles. The molecule has 4 rings (SSSR count). The second kappa shape index (κ2) is 9.42. The standard InChI is InChI=1S/C24H29N3O4S/c1-27(19-10-6-3-7-11-19)24(29)23(17-8-4-2-5-9-17)26-32(30,31)20-13-14-21-18(16-20)12-15-22(28)25-21/h2,4-5,8-9,13-14,16,19,23,26H,3,6-7,10-12,15H2,1H3,(H,25,28). The van der Waals surface area contributed by atoms with Crippen LogP contribution in [0.5, 0.6) is 0 Å². The van der Waals surface area contributed by atoms with Crippen molar-refractivity contribution < 1.29 is 18.0 Å². The summed E-state index contributed by atoms with van der Waals surface area (Å²) in [7, 11) is -2.21. The van der Waals surface area contributed by atoms with E-state index in [4.69, 9.17) is 0 Å². The van der Waals surface area contributed by atoms with Crippen LogP contribution in [0.2, 0.25) is 0 Å². The van der Waals surface area contributed by atoms with Gasteiger partial charge in [0.15, 0.2) is 0 Å². The minimum Gasteiger partial charge on any atom is -0.341 e. The predicted molar refractivity (Wildman–Crippen MR) is 123 cm³/mol. The second-order valence-electron chi connectivity index (χ2n) is 8.57. The van der Waals surface area contributed by atoms with Crippen LogP contribution < -0.4 is 10.0 Å². The highest BCUT2D eigenvalue weighted by atomic mass is 32.2. The van der Waals surface area contributed by atoms with Crippen molar-refractivity contribution in [3.8, 4) is 0 Å². The number of nitrogens with one attached hydrogen (secondary N) is 2. The Morgan fingerprint density at radius 1 is 1.06 bits per heavy atom. The molecule has 32 heavy (non-hydrogen) atoms. The number of likely N-dealkylation sites (N-methyl/N-ethyl adjacent to an activating group) is 1. The van der Waals surface area contributed by atoms with Crippen LogP contribution in [0.25, 0.3) is 0 Å². The van der Waals surface area contributed by atoms with Crippen LogP contribution in [0.15, 0.2) is 53.4 Å². The maximum absolute atomic E-state index is 13.5. The van der Waals surface area contributed by atoms with Gasteiger partial charge in [0.25, 0.3) is 0 Å². The summed E-state index contributed by atoms with van der Waals surface area (Å²) < 4.78 is 29.3. The van der Waals surface area contributed by atoms with E-state index in [0.717, 1.165) is 31.2 Å². The minimum atomic E-state index is -3.97. The molecule has 7 nitrogen and oxygen atoms in total. The highest BCUT2D eigenvalue weighted by molar-refractivity contribution is 7.89. The molecule has 0 spiro atoms. The lowest BCUT2D eigenvalue weighted by Crippen LogP contribution is -2.46. The molecule has 170 valence electrons. The second-order valence-corrected chi connectivity index (χ2v) is 10.3. The van der Waals surface area contributed by atoms with Gasteiger partial charge in [0.1, 0.15) is 6.04 Å². The Morgan fingerprint density at radius 3 is 2.50 bits per heavy atom. The van der Waals surface area contributed by atoms with Gasteiger partial charge in [-0.2, -0.15) is 4.72 Å². The number of benzene rings is 2. The number of hydrogen-bond acceptors (Lipinski definition) is 4. The van der Waals surface area contributed by atoms with E-state index in [-0.39, 0.29) is 22.8 Å². The van der Waals surface area contributed by atoms with Gasteiger partial charge in [-0.15, -0.1) is 0 Å². The van der Waals surface area contributed by atoms with E-state index in [1.807, 2.05) is 6.07 Å². The van der Waals surface area contributed by atoms with Gasteiger partial charge in [-0.1, -0.05) is 49.6 Å². The number of carbonyl (C=O) groups is 2. The van der Waals surface area contributed by atoms with Gasteiger partial charge in [-0.05, 0) is 48.6 Å². The average Bonchev–Trinajstić information content (AvgIpc) is 2.82. The molecule has 2 aromatic carbocycles. The Morgan fingerprint density at radius 2 is 1.78 bits per heavy atom. The van der Waals surface area contributed by atoms with E-state index in [9.17, 15) is 18.0 Å². The van der Waals surface area contributed by atoms with Crippen molar-refractivity contribution in [2.75, 3.05) is 12.4 Å². The zero-order valence-corrected chi connectivity index (χ0v) is 19.0. The van der Waals surface area contributed by atoms with Crippen molar-refractivity contribution in [3.63, 3.8) is 0 Å². The molecule has 2 N–H and O–H groups in total. The summed E-state index contributed by atoms with van der Waals surface area (Å²) in [4.78, 5) is 26.9. The van der Waals surface area contributed by atoms with Gasteiger partial charge in [0.2, 0.25) is 21.8 Å². The lowest BCUT2D eigenvalue weighted by Gasteiger charge is -2.34. The van der Waals surface area contributed by atoms with Crippen molar-refractivity contribution in [1.29, 1.82) is 0 Å². The predicted octanol–water partition coefficient (Wildman–Crippen LogP) is 3.38. The quantitative estimate of drug-likeness (QED) is 0.698. The number of sulfonamides is 1. The van der Waals surface area contributed by atoms with Crippen LogP contribution in [-0.4, -0.2) is 38.2 Å². The Bertz CT molecular complexity index is 1100. The van der Waals surface area contributed by atoms with Crippen molar-refractivity contribution in [3.05, 3.63) is 59.7 Å². The molecular formula is C24H29N3O4S. The smallest absolute Gasteiger partial charge is 0.245 e. The fourth-order valence-electron chi connectivity index (χ4n) is 4.51. The molecular weight excluding hydrogens is 426 g/mol. The van der Waals surface area contributed by atoms with Crippen molar-refractivity contribution in [2.45, 2.75) is 61.9 Å². The Kier molecular flexibility index (Phi) is 6.62. The molecule has 2 aliphatic rings. The van der Waals surface area contributed by atoms with Gasteiger partial charge in [-0.3, -0.25) is 9.59 Å². The molecule has 8 heteroatoms. The molecule has 2 aromatic rings. The topological polar surface area (TPSA) is 95.6 Å². The largest absolute Gasteiger partial charge is 0.341 e. The van der Waals surface area contributed by atoms with Gasteiger partial charge in [0.05, 0.1) is 4.90 Å². The van der Waals surface area contributed by atoms with Crippen LogP contribution in [0.1, 0.15) is 55.7 Å². The minimum absolute atomic E-state index is 0.0771. The van der Waals surface area contributed by atoms with Gasteiger partial charge in [-0.25, -0.2) is 8.42 Å². The zero-order chi connectivity index (χ0) is 22.7. The van der Waals surface area contributed by atoms with Crippen LogP contribution in [0, 0.1) is 0 Å². The highest BCUT2D eigenvalue weighted by Gasteiger charge is 2.33. The van der Waals surface area contributed by atoms with Crippen LogP contribution in [0.4, 0.5) is 5.69 Å². The summed E-state index contributed by atoms with van der Waals surface area (Å²) in [6.45, 7) is 0. The number of hydrogen-bond donors (Lipinski definition) is 2. The number of fused-ring (bicyclic) bond motifs is 1. The van der Waals surface area contributed by atoms with Crippen molar-refractivity contribution in [1.82, 2.24) is 9.62 Å². The van der Waals surface area contributed by atoms with Gasteiger partial charge >= 0.3 is 0 Å². The first-order valence-corrected chi connectivity index (χ1v) is 12.6. The SMILES string of the molecule is CN(C(=O)C(NS(=O)(=O)c1ccc2c(c1)CCC(=O)N2)c1ccccc1)C1CCCCC1. The molecule has 1 atom stereocenters. The van der Waals surface area contributed by atoms with Crippen molar-refractivity contribution >= 4 is 27.5 Å². The van der Waals surface area contributed by atoms with E-state index >= 15 is 0 Å². The number of anilines is 1. The average molecular weight is 456 g/mol. The number of amides is 2. The third-order valence-electron chi connectivity index (χ3n) is 6.41. The van der Waals surface area contributed by atoms with E-state index in [0.29, 0.717) is 24.1 Å². The lowest BCUT2D eigenvalue weighted by molar-refractivity contribution is -0.134. The molecule has 1 saturated carbocycles. The first-order chi connectivity index (χ1) is 15.3. The summed E-state index contributed by atoms with van der Waals surface area (Å²) in [5.41, 5.74) is 2.01. The molecule has 0 aromatic heterocycles. The van der Waals surface area contributed by atoms with Crippen LogP contribution in [0.3, 0.4) is 0 Å². The van der Waals surface area contributed by atoms with E-state index in [1.54, 1.807) is 48.3 Å². The first kappa shape index (κ1) is 22.5. The molecule has 2 amide bonds. The summed E-state index contributed by atoms with van der Waals surface area (Å²) in [6, 6.07) is 12.7. The van der Waals surface area contributed by atoms with E-state index in [1.165, 1.54) is 12.5 Å². The fourth-order valence-corrected chi connectivity index (χ4v) is 5.74. The lowest BCUT2D eigenvalue weighted by atomic mass is 9.93. The maximum atomic E-state index is 13.5. The third kappa shape index (κ3) is 4.86. The summed E-state index contributed by atoms with van der Waals surface area (Å²) in [6.07, 6.45) is 6.01. The Balaban J connectivity index is 1.62. The van der Waals surface area contributed by atoms with Gasteiger partial charge in [0, 0.05) is 25.2 Å². The molecule has 1 fully saturated rings. The van der Waals surface area contributed by atoms with Crippen LogP contribution >= 0.6 is 0 Å². The fraction of sp³-hybridized carbons (Fsp3) is 0.417. The van der Waals surface area contributed by atoms with E-state index < -0.39 is 16.1 Å². The summed E-state index contributed by atoms with van der Waals surface area (Å²) >= 11 is 0. The van der Waals surface area contributed by atoms with E-state index in [2.05, 4.69) is 10.0 Å². The number of aryl methyl sites for hydroxylation is 1. The monoisotopic (exact) mass is 455 g/mol. The number of nitrogens with zero attached hydrogens (tertiary/aromatic N) is 1. The first-order valence-electron chi connectivity index (χ1n) is 11.1. The highest BCUT2D eigenvalue weighted by Crippen LogP contribution is 2.28. The summed E-state index contributed by atoms with van der Waals surface area (Å²) in [5, 5.41) is 2.76.